The van der Waals surface area contributed by atoms with Crippen molar-refractivity contribution < 1.29 is 31.9 Å². The number of halogens is 4. The molecule has 0 aliphatic carbocycles. The first-order chi connectivity index (χ1) is 2.83. The molecule has 48 valence electrons. The van der Waals surface area contributed by atoms with Gasteiger partial charge in [0.2, 0.25) is 0 Å². The van der Waals surface area contributed by atoms with Crippen LogP contribution in [0, 0.1) is 0 Å². The van der Waals surface area contributed by atoms with Gasteiger partial charge in [0.1, 0.15) is 0 Å². The summed E-state index contributed by atoms with van der Waals surface area (Å²) in [6.07, 6.45) is 0. The quantitative estimate of drug-likeness (QED) is 0.587. The van der Waals surface area contributed by atoms with Gasteiger partial charge < -0.3 is 0 Å². The molecule has 0 aliphatic heterocycles. The molecule has 6 heteroatoms. The summed E-state index contributed by atoms with van der Waals surface area (Å²) in [5.41, 5.74) is 0. The first kappa shape index (κ1) is 11.3. The van der Waals surface area contributed by atoms with Crippen LogP contribution in [0.1, 0.15) is 0 Å². The standard InChI is InChI=1S/4ClH.2Pd/h4*1H;;/q;;;;2*+2/p-4. The molecular weight excluding hydrogens is 355 g/mol. The molecule has 0 bridgehead atoms. The molecule has 0 nitrogen and oxygen atoms in total. The zero-order chi connectivity index (χ0) is 5.41. The zero-order valence-electron chi connectivity index (χ0n) is 2.14. The van der Waals surface area contributed by atoms with E-state index in [2.05, 4.69) is 0 Å². The van der Waals surface area contributed by atoms with Crippen molar-refractivity contribution in [2.24, 2.45) is 0 Å². The fraction of sp³-hybridized carbons (Fsp3) is 0. The minimum absolute atomic E-state index is 0.106. The van der Waals surface area contributed by atoms with Crippen molar-refractivity contribution in [3.63, 3.8) is 0 Å². The maximum atomic E-state index is 4.81. The van der Waals surface area contributed by atoms with E-state index in [4.69, 9.17) is 38.1 Å². The van der Waals surface area contributed by atoms with Gasteiger partial charge in [-0.15, -0.1) is 0 Å². The third kappa shape index (κ3) is 31.6. The molecule has 0 aromatic rings. The predicted molar refractivity (Wildman–Crippen MR) is 23.4 cm³/mol. The fourth-order valence-electron chi connectivity index (χ4n) is 0. The third-order valence-electron chi connectivity index (χ3n) is 0. The Morgan fingerprint density at radius 1 is 0.667 bits per heavy atom. The zero-order valence-corrected chi connectivity index (χ0v) is 8.28. The molecule has 0 N–H and O–H groups in total. The Hall–Kier alpha value is 2.48. The second kappa shape index (κ2) is 15.6. The maximum absolute atomic E-state index is 4.81. The Labute approximate surface area is 69.1 Å². The van der Waals surface area contributed by atoms with E-state index in [0.29, 0.717) is 0 Å². The topological polar surface area (TPSA) is 0 Å². The van der Waals surface area contributed by atoms with Gasteiger partial charge in [-0.25, -0.2) is 0 Å². The molecule has 0 aliphatic rings. The van der Waals surface area contributed by atoms with Crippen molar-refractivity contribution >= 4 is 38.1 Å². The van der Waals surface area contributed by atoms with Gasteiger partial charge in [-0.3, -0.25) is 0 Å². The number of hydrogen-bond donors (Lipinski definition) is 0. The van der Waals surface area contributed by atoms with Gasteiger partial charge in [0, 0.05) is 0 Å². The third-order valence-corrected chi connectivity index (χ3v) is 0. The van der Waals surface area contributed by atoms with Crippen LogP contribution in [0.5, 0.6) is 0 Å². The Balaban J connectivity index is 0. The summed E-state index contributed by atoms with van der Waals surface area (Å²) >= 11 is -0.211. The number of rotatable bonds is 0. The molecule has 0 heterocycles. The summed E-state index contributed by atoms with van der Waals surface area (Å²) in [4.78, 5) is 0. The van der Waals surface area contributed by atoms with E-state index in [1.807, 2.05) is 0 Å². The van der Waals surface area contributed by atoms with Crippen LogP contribution >= 0.6 is 38.1 Å². The molecule has 0 aromatic carbocycles. The molecule has 0 saturated heterocycles. The van der Waals surface area contributed by atoms with Crippen molar-refractivity contribution in [2.75, 3.05) is 0 Å². The second-order valence-corrected chi connectivity index (χ2v) is 4.81. The molecule has 6 heavy (non-hydrogen) atoms. The van der Waals surface area contributed by atoms with Gasteiger partial charge >= 0.3 is 70.0 Å². The van der Waals surface area contributed by atoms with Crippen LogP contribution in [-0.4, -0.2) is 0 Å². The van der Waals surface area contributed by atoms with Crippen LogP contribution in [0.15, 0.2) is 0 Å². The van der Waals surface area contributed by atoms with Crippen molar-refractivity contribution in [3.05, 3.63) is 0 Å². The van der Waals surface area contributed by atoms with Crippen molar-refractivity contribution in [1.29, 1.82) is 0 Å². The van der Waals surface area contributed by atoms with Gasteiger partial charge in [-0.1, -0.05) is 0 Å². The van der Waals surface area contributed by atoms with Gasteiger partial charge in [0.25, 0.3) is 0 Å². The summed E-state index contributed by atoms with van der Waals surface area (Å²) in [6.45, 7) is 0. The van der Waals surface area contributed by atoms with Crippen LogP contribution in [0.25, 0.3) is 0 Å². The number of hydrogen-bond acceptors (Lipinski definition) is 0. The Bertz CT molecular complexity index is 7.51. The first-order valence-electron chi connectivity index (χ1n) is 0.478. The Morgan fingerprint density at radius 3 is 0.667 bits per heavy atom. The van der Waals surface area contributed by atoms with Crippen LogP contribution in [0.2, 0.25) is 0 Å². The first-order valence-corrected chi connectivity index (χ1v) is 8.49. The summed E-state index contributed by atoms with van der Waals surface area (Å²) in [5.74, 6) is 0. The van der Waals surface area contributed by atoms with Crippen molar-refractivity contribution in [2.45, 2.75) is 0 Å². The SMILES string of the molecule is [Cl][Pd][Cl].[Cl][Pd][Cl]. The molecule has 0 spiro atoms. The van der Waals surface area contributed by atoms with E-state index < -0.39 is 0 Å². The monoisotopic (exact) mass is 352 g/mol. The Morgan fingerprint density at radius 2 is 0.667 bits per heavy atom. The van der Waals surface area contributed by atoms with Crippen LogP contribution in [0.4, 0.5) is 0 Å². The summed E-state index contributed by atoms with van der Waals surface area (Å²) in [7, 11) is 19.3. The molecule has 0 unspecified atom stereocenters. The van der Waals surface area contributed by atoms with Crippen LogP contribution < -0.4 is 0 Å². The molecule has 0 aromatic heterocycles. The van der Waals surface area contributed by atoms with Gasteiger partial charge in [-0.2, -0.15) is 0 Å². The van der Waals surface area contributed by atoms with E-state index in [9.17, 15) is 0 Å². The molecule has 0 rings (SSSR count). The van der Waals surface area contributed by atoms with E-state index in [1.165, 1.54) is 0 Å². The average Bonchev–Trinajstić information content (AvgIpc) is 1.39. The fourth-order valence-corrected chi connectivity index (χ4v) is 0. The van der Waals surface area contributed by atoms with E-state index >= 15 is 0 Å². The predicted octanol–water partition coefficient (Wildman–Crippen LogP) is 2.75. The summed E-state index contributed by atoms with van der Waals surface area (Å²) in [5, 5.41) is 0. The van der Waals surface area contributed by atoms with Gasteiger partial charge in [0.05, 0.1) is 0 Å². The minimum atomic E-state index is -0.106. The summed E-state index contributed by atoms with van der Waals surface area (Å²) in [6, 6.07) is 0. The molecule has 0 atom stereocenters. The average molecular weight is 355 g/mol. The molecule has 0 fully saturated rings. The van der Waals surface area contributed by atoms with Gasteiger partial charge in [0.15, 0.2) is 0 Å². The van der Waals surface area contributed by atoms with Crippen molar-refractivity contribution in [1.82, 2.24) is 0 Å². The van der Waals surface area contributed by atoms with Gasteiger partial charge in [-0.05, 0) is 0 Å². The van der Waals surface area contributed by atoms with E-state index in [-0.39, 0.29) is 31.9 Å². The molecular formula is Cl4Pd2. The molecule has 0 amide bonds. The Kier molecular flexibility index (Phi) is 29.5. The second-order valence-electron chi connectivity index (χ2n) is 0.0904. The molecule has 0 saturated carbocycles. The van der Waals surface area contributed by atoms with E-state index in [0.717, 1.165) is 0 Å². The summed E-state index contributed by atoms with van der Waals surface area (Å²) < 4.78 is 0. The molecule has 0 radical (unpaired) electrons. The normalized spacial score (nSPS) is 7.33. The van der Waals surface area contributed by atoms with Crippen molar-refractivity contribution in [3.8, 4) is 0 Å². The van der Waals surface area contributed by atoms with Crippen LogP contribution in [0.3, 0.4) is 0 Å². The van der Waals surface area contributed by atoms with E-state index in [1.54, 1.807) is 0 Å². The van der Waals surface area contributed by atoms with Crippen LogP contribution in [-0.2, 0) is 31.9 Å².